The molecule has 4 aromatic carbocycles. The molecule has 0 unspecified atom stereocenters. The fraction of sp³-hybridized carbons (Fsp3) is 0.172. The number of methoxy groups -OCH3 is 3. The van der Waals surface area contributed by atoms with Gasteiger partial charge in [0.1, 0.15) is 0 Å². The maximum Gasteiger partial charge on any atom is 0.255 e. The summed E-state index contributed by atoms with van der Waals surface area (Å²) in [6.07, 6.45) is 0. The maximum atomic E-state index is 13.0. The summed E-state index contributed by atoms with van der Waals surface area (Å²) in [7, 11) is 4.47. The average Bonchev–Trinajstić information content (AvgIpc) is 2.91. The Morgan fingerprint density at radius 2 is 1.39 bits per heavy atom. The quantitative estimate of drug-likeness (QED) is 0.340. The fourth-order valence-corrected chi connectivity index (χ4v) is 4.14. The smallest absolute Gasteiger partial charge is 0.255 e. The summed E-state index contributed by atoms with van der Waals surface area (Å²) in [5.41, 5.74) is 2.28. The highest BCUT2D eigenvalue weighted by molar-refractivity contribution is 6.06. The monoisotopic (exact) mass is 484 g/mol. The van der Waals surface area contributed by atoms with Crippen molar-refractivity contribution in [2.75, 3.05) is 26.6 Å². The summed E-state index contributed by atoms with van der Waals surface area (Å²) in [6.45, 7) is 1.95. The zero-order valence-electron chi connectivity index (χ0n) is 20.6. The number of amides is 2. The largest absolute Gasteiger partial charge is 0.493 e. The molecule has 4 aromatic rings. The van der Waals surface area contributed by atoms with Crippen LogP contribution in [0.3, 0.4) is 0 Å². The lowest BCUT2D eigenvalue weighted by Crippen LogP contribution is -2.27. The van der Waals surface area contributed by atoms with Gasteiger partial charge in [0, 0.05) is 16.8 Å². The number of benzene rings is 4. The first-order valence-electron chi connectivity index (χ1n) is 11.4. The number of ether oxygens (including phenoxy) is 3. The van der Waals surface area contributed by atoms with E-state index in [2.05, 4.69) is 10.6 Å². The van der Waals surface area contributed by atoms with Gasteiger partial charge in [-0.05, 0) is 53.6 Å². The summed E-state index contributed by atoms with van der Waals surface area (Å²) in [5, 5.41) is 8.11. The van der Waals surface area contributed by atoms with Crippen LogP contribution in [0.5, 0.6) is 17.2 Å². The number of hydrogen-bond donors (Lipinski definition) is 2. The molecule has 7 heteroatoms. The van der Waals surface area contributed by atoms with Gasteiger partial charge in [-0.2, -0.15) is 0 Å². The molecule has 0 heterocycles. The van der Waals surface area contributed by atoms with Gasteiger partial charge < -0.3 is 24.8 Å². The highest BCUT2D eigenvalue weighted by atomic mass is 16.5. The third-order valence-corrected chi connectivity index (χ3v) is 5.95. The lowest BCUT2D eigenvalue weighted by molar-refractivity contribution is 0.0939. The molecule has 2 amide bonds. The topological polar surface area (TPSA) is 85.9 Å². The van der Waals surface area contributed by atoms with E-state index in [0.717, 1.165) is 16.3 Å². The minimum Gasteiger partial charge on any atom is -0.493 e. The zero-order valence-corrected chi connectivity index (χ0v) is 20.6. The third kappa shape index (κ3) is 5.10. The Morgan fingerprint density at radius 1 is 0.722 bits per heavy atom. The van der Waals surface area contributed by atoms with E-state index in [9.17, 15) is 9.59 Å². The SMILES string of the molecule is COc1cc(C(=O)Nc2cccc(C(=O)N[C@@H](C)c3cccc4ccccc34)c2)cc(OC)c1OC. The van der Waals surface area contributed by atoms with Crippen LogP contribution in [0.4, 0.5) is 5.69 Å². The minimum absolute atomic E-state index is 0.207. The Hall–Kier alpha value is -4.52. The fourth-order valence-electron chi connectivity index (χ4n) is 4.14. The Balaban J connectivity index is 1.51. The van der Waals surface area contributed by atoms with Crippen LogP contribution in [-0.2, 0) is 0 Å². The first kappa shape index (κ1) is 24.6. The van der Waals surface area contributed by atoms with E-state index in [1.165, 1.54) is 21.3 Å². The molecule has 1 atom stereocenters. The summed E-state index contributed by atoms with van der Waals surface area (Å²) in [4.78, 5) is 26.0. The molecule has 0 spiro atoms. The van der Waals surface area contributed by atoms with Crippen molar-refractivity contribution < 1.29 is 23.8 Å². The molecule has 0 aliphatic carbocycles. The summed E-state index contributed by atoms with van der Waals surface area (Å²) in [6, 6.07) is 23.9. The first-order chi connectivity index (χ1) is 17.4. The highest BCUT2D eigenvalue weighted by Gasteiger charge is 2.18. The number of nitrogens with one attached hydrogen (secondary N) is 2. The predicted octanol–water partition coefficient (Wildman–Crippen LogP) is 5.61. The molecule has 0 saturated carbocycles. The van der Waals surface area contributed by atoms with Gasteiger partial charge in [-0.15, -0.1) is 0 Å². The van der Waals surface area contributed by atoms with Crippen molar-refractivity contribution in [2.45, 2.75) is 13.0 Å². The third-order valence-electron chi connectivity index (χ3n) is 5.95. The van der Waals surface area contributed by atoms with Gasteiger partial charge in [0.05, 0.1) is 27.4 Å². The molecule has 0 radical (unpaired) electrons. The second-order valence-electron chi connectivity index (χ2n) is 8.21. The number of carbonyl (C=O) groups excluding carboxylic acids is 2. The van der Waals surface area contributed by atoms with Crippen LogP contribution >= 0.6 is 0 Å². The van der Waals surface area contributed by atoms with Crippen molar-refractivity contribution >= 4 is 28.3 Å². The van der Waals surface area contributed by atoms with Crippen molar-refractivity contribution in [2.24, 2.45) is 0 Å². The van der Waals surface area contributed by atoms with Crippen LogP contribution in [0.15, 0.2) is 78.9 Å². The number of hydrogen-bond acceptors (Lipinski definition) is 5. The van der Waals surface area contributed by atoms with Crippen molar-refractivity contribution in [1.82, 2.24) is 5.32 Å². The van der Waals surface area contributed by atoms with Gasteiger partial charge >= 0.3 is 0 Å². The normalized spacial score (nSPS) is 11.4. The van der Waals surface area contributed by atoms with Gasteiger partial charge in [-0.3, -0.25) is 9.59 Å². The number of rotatable bonds is 8. The standard InChI is InChI=1S/C29H28N2O5/c1-18(23-14-8-10-19-9-5-6-13-24(19)23)30-28(32)20-11-7-12-22(15-20)31-29(33)21-16-25(34-2)27(36-4)26(17-21)35-3/h5-18H,1-4H3,(H,30,32)(H,31,33)/t18-/m0/s1. The van der Waals surface area contributed by atoms with E-state index in [1.54, 1.807) is 36.4 Å². The van der Waals surface area contributed by atoms with E-state index >= 15 is 0 Å². The Kier molecular flexibility index (Phi) is 7.39. The van der Waals surface area contributed by atoms with E-state index in [1.807, 2.05) is 49.4 Å². The van der Waals surface area contributed by atoms with E-state index in [4.69, 9.17) is 14.2 Å². The molecule has 0 aliphatic heterocycles. The number of fused-ring (bicyclic) bond motifs is 1. The summed E-state index contributed by atoms with van der Waals surface area (Å²) in [5.74, 6) is 0.529. The number of anilines is 1. The number of carbonyl (C=O) groups is 2. The molecule has 2 N–H and O–H groups in total. The van der Waals surface area contributed by atoms with Crippen LogP contribution in [-0.4, -0.2) is 33.1 Å². The first-order valence-corrected chi connectivity index (χ1v) is 11.4. The Bertz CT molecular complexity index is 1390. The average molecular weight is 485 g/mol. The van der Waals surface area contributed by atoms with E-state index < -0.39 is 0 Å². The lowest BCUT2D eigenvalue weighted by Gasteiger charge is -2.17. The molecule has 0 aliphatic rings. The van der Waals surface area contributed by atoms with E-state index in [0.29, 0.717) is 34.1 Å². The minimum atomic E-state index is -0.379. The van der Waals surface area contributed by atoms with Crippen molar-refractivity contribution in [1.29, 1.82) is 0 Å². The van der Waals surface area contributed by atoms with Crippen molar-refractivity contribution in [3.05, 3.63) is 95.6 Å². The molecule has 184 valence electrons. The van der Waals surface area contributed by atoms with Crippen LogP contribution in [0, 0.1) is 0 Å². The van der Waals surface area contributed by atoms with Gasteiger partial charge in [0.2, 0.25) is 5.75 Å². The lowest BCUT2D eigenvalue weighted by atomic mass is 9.99. The van der Waals surface area contributed by atoms with Gasteiger partial charge in [0.15, 0.2) is 11.5 Å². The Labute approximate surface area is 210 Å². The summed E-state index contributed by atoms with van der Waals surface area (Å²) >= 11 is 0. The van der Waals surface area contributed by atoms with Crippen LogP contribution in [0.25, 0.3) is 10.8 Å². The molecule has 0 fully saturated rings. The molecular weight excluding hydrogens is 456 g/mol. The molecule has 36 heavy (non-hydrogen) atoms. The zero-order chi connectivity index (χ0) is 25.7. The van der Waals surface area contributed by atoms with Crippen LogP contribution < -0.4 is 24.8 Å². The van der Waals surface area contributed by atoms with Crippen LogP contribution in [0.2, 0.25) is 0 Å². The molecular formula is C29H28N2O5. The van der Waals surface area contributed by atoms with Gasteiger partial charge in [-0.1, -0.05) is 48.5 Å². The van der Waals surface area contributed by atoms with Crippen molar-refractivity contribution in [3.63, 3.8) is 0 Å². The van der Waals surface area contributed by atoms with Crippen LogP contribution in [0.1, 0.15) is 39.2 Å². The summed E-state index contributed by atoms with van der Waals surface area (Å²) < 4.78 is 16.0. The molecule has 0 aromatic heterocycles. The van der Waals surface area contributed by atoms with Crippen molar-refractivity contribution in [3.8, 4) is 17.2 Å². The molecule has 7 nitrogen and oxygen atoms in total. The Morgan fingerprint density at radius 3 is 2.08 bits per heavy atom. The molecule has 4 rings (SSSR count). The van der Waals surface area contributed by atoms with Gasteiger partial charge in [-0.25, -0.2) is 0 Å². The maximum absolute atomic E-state index is 13.0. The second kappa shape index (κ2) is 10.8. The molecule has 0 saturated heterocycles. The predicted molar refractivity (Wildman–Crippen MR) is 140 cm³/mol. The van der Waals surface area contributed by atoms with E-state index in [-0.39, 0.29) is 17.9 Å². The highest BCUT2D eigenvalue weighted by Crippen LogP contribution is 2.38. The van der Waals surface area contributed by atoms with Gasteiger partial charge in [0.25, 0.3) is 11.8 Å². The second-order valence-corrected chi connectivity index (χ2v) is 8.21. The molecule has 0 bridgehead atoms.